The molecule has 0 spiro atoms. The monoisotopic (exact) mass is 744 g/mol. The van der Waals surface area contributed by atoms with Crippen LogP contribution in [0.2, 0.25) is 10.7 Å². The van der Waals surface area contributed by atoms with Crippen molar-refractivity contribution in [2.75, 3.05) is 28.2 Å². The zero-order chi connectivity index (χ0) is 37.3. The van der Waals surface area contributed by atoms with Crippen molar-refractivity contribution in [3.63, 3.8) is 0 Å². The van der Waals surface area contributed by atoms with Gasteiger partial charge in [-0.25, -0.2) is 34.9 Å². The molecule has 24 nitrogen and oxygen atoms in total. The van der Waals surface area contributed by atoms with Crippen LogP contribution >= 0.6 is 23.2 Å². The highest BCUT2D eigenvalue weighted by Gasteiger charge is 2.06. The first-order valence-corrected chi connectivity index (χ1v) is 13.6. The van der Waals surface area contributed by atoms with Crippen LogP contribution in [0.3, 0.4) is 0 Å². The fraction of sp³-hybridized carbons (Fsp3) is 0.167. The molecule has 2 aromatic carbocycles. The van der Waals surface area contributed by atoms with Crippen LogP contribution in [0.1, 0.15) is 0 Å². The van der Waals surface area contributed by atoms with E-state index in [4.69, 9.17) is 52.3 Å². The van der Waals surface area contributed by atoms with Gasteiger partial charge in [0, 0.05) is 0 Å². The van der Waals surface area contributed by atoms with E-state index in [1.165, 1.54) is 53.1 Å². The molecule has 0 saturated carbocycles. The van der Waals surface area contributed by atoms with E-state index in [1.807, 2.05) is 36.4 Å². The third-order valence-electron chi connectivity index (χ3n) is 4.19. The van der Waals surface area contributed by atoms with Crippen LogP contribution in [-0.4, -0.2) is 67.9 Å². The summed E-state index contributed by atoms with van der Waals surface area (Å²) in [6.45, 7) is 0. The highest BCUT2D eigenvalue weighted by molar-refractivity contribution is 6.28. The maximum atomic E-state index is 10.4. The minimum Gasteiger partial charge on any atom is -0.598 e. The van der Waals surface area contributed by atoms with Gasteiger partial charge in [-0.1, -0.05) is 34.0 Å². The second-order valence-corrected chi connectivity index (χ2v) is 8.35. The van der Waals surface area contributed by atoms with Crippen molar-refractivity contribution in [2.24, 2.45) is 10.6 Å². The van der Waals surface area contributed by atoms with Crippen LogP contribution in [0.25, 0.3) is 22.2 Å². The van der Waals surface area contributed by atoms with Crippen LogP contribution < -0.4 is 20.5 Å². The summed E-state index contributed by atoms with van der Waals surface area (Å²) in [5, 5.41) is 43.8. The minimum atomic E-state index is -0.625. The van der Waals surface area contributed by atoms with Crippen LogP contribution in [0.5, 0.6) is 12.2 Å². The number of benzene rings is 2. The molecule has 4 aromatic heterocycles. The highest BCUT2D eigenvalue weighted by atomic mass is 35.5. The molecule has 0 aliphatic heterocycles. The van der Waals surface area contributed by atoms with Gasteiger partial charge in [-0.05, 0) is 47.5 Å². The third-order valence-corrected chi connectivity index (χ3v) is 4.54. The van der Waals surface area contributed by atoms with Gasteiger partial charge in [0.1, 0.15) is 23.6 Å². The molecule has 0 fully saturated rings. The van der Waals surface area contributed by atoms with Gasteiger partial charge in [-0.15, -0.1) is 10.9 Å². The number of hydroxylamine groups is 2. The second-order valence-electron chi connectivity index (χ2n) is 7.70. The molecule has 2 N–H and O–H groups in total. The van der Waals surface area contributed by atoms with E-state index in [2.05, 4.69) is 49.0 Å². The van der Waals surface area contributed by atoms with Gasteiger partial charge in [0.2, 0.25) is 10.6 Å². The number of aromatic nitrogens is 4. The standard InChI is InChI=1S/C8H7N3O3.C7H4ClNO.C4H5N3O3.C3H2ClNO.2CH4N2O2/c1-11(12)10-14-8-9-6-4-2-3-5-7(6)13-8;8-7-9-5-3-1-2-4-6(5)10-7;1-7(8)6-10-4-5-2-3-9-4;4-3-5-1-2-6-3;2*1-2-3(4)5/h2-5H,1H3;1-4H;2-3H,1H3;1-2H;2*2H,1H3. The number of para-hydroxylation sites is 4. The number of halogens is 2. The van der Waals surface area contributed by atoms with Gasteiger partial charge in [0.15, 0.2) is 35.3 Å². The summed E-state index contributed by atoms with van der Waals surface area (Å²) in [5.41, 5.74) is 6.28. The first-order chi connectivity index (χ1) is 23.8. The average molecular weight is 745 g/mol. The van der Waals surface area contributed by atoms with Gasteiger partial charge in [0.25, 0.3) is 10.7 Å². The van der Waals surface area contributed by atoms with E-state index in [0.717, 1.165) is 11.1 Å². The lowest BCUT2D eigenvalue weighted by atomic mass is 10.3. The maximum absolute atomic E-state index is 10.4. The predicted octanol–water partition coefficient (Wildman–Crippen LogP) is 4.88. The van der Waals surface area contributed by atoms with Gasteiger partial charge < -0.3 is 28.1 Å². The van der Waals surface area contributed by atoms with E-state index in [9.17, 15) is 10.4 Å². The van der Waals surface area contributed by atoms with Crippen molar-refractivity contribution in [1.29, 1.82) is 0 Å². The average Bonchev–Trinajstić information content (AvgIpc) is 3.91. The Bertz CT molecular complexity index is 1800. The summed E-state index contributed by atoms with van der Waals surface area (Å²) in [4.78, 5) is 42.5. The number of fused-ring (bicyclic) bond motifs is 2. The quantitative estimate of drug-likeness (QED) is 0.0992. The normalized spacial score (nSPS) is 10.1. The van der Waals surface area contributed by atoms with Crippen molar-refractivity contribution >= 4 is 45.4 Å². The molecule has 0 atom stereocenters. The Balaban J connectivity index is 0.000000314. The van der Waals surface area contributed by atoms with Gasteiger partial charge >= 0.3 is 12.2 Å². The second kappa shape index (κ2) is 23.5. The third kappa shape index (κ3) is 19.0. The maximum Gasteiger partial charge on any atom is 0.427 e. The van der Waals surface area contributed by atoms with E-state index >= 15 is 0 Å². The number of oxazole rings is 4. The smallest absolute Gasteiger partial charge is 0.427 e. The zero-order valence-electron chi connectivity index (χ0n) is 26.1. The Labute approximate surface area is 288 Å². The molecular formula is C24H26Cl2N12O12. The first-order valence-electron chi connectivity index (χ1n) is 12.9. The molecule has 0 aliphatic carbocycles. The van der Waals surface area contributed by atoms with Crippen LogP contribution in [0, 0.1) is 30.6 Å². The molecule has 26 heteroatoms. The molecular weight excluding hydrogens is 719 g/mol. The molecule has 0 amide bonds. The zero-order valence-corrected chi connectivity index (χ0v) is 27.6. The van der Waals surface area contributed by atoms with E-state index in [1.54, 1.807) is 23.0 Å². The van der Waals surface area contributed by atoms with Crippen molar-refractivity contribution in [2.45, 2.75) is 0 Å². The van der Waals surface area contributed by atoms with Crippen LogP contribution in [0.4, 0.5) is 0 Å². The lowest BCUT2D eigenvalue weighted by molar-refractivity contribution is -0.538. The van der Waals surface area contributed by atoms with Gasteiger partial charge in [-0.2, -0.15) is 15.0 Å². The first kappa shape index (κ1) is 41.2. The minimum absolute atomic E-state index is 0.0473. The molecule has 6 rings (SSSR count). The van der Waals surface area contributed by atoms with E-state index in [-0.39, 0.29) is 32.6 Å². The van der Waals surface area contributed by atoms with E-state index in [0.29, 0.717) is 11.1 Å². The van der Waals surface area contributed by atoms with E-state index < -0.39 is 10.1 Å². The number of hydrogen-bond acceptors (Lipinski definition) is 18. The summed E-state index contributed by atoms with van der Waals surface area (Å²) in [6, 6.07) is 14.6. The van der Waals surface area contributed by atoms with Crippen molar-refractivity contribution in [1.82, 2.24) is 30.8 Å². The number of nitrogens with one attached hydrogen (secondary N) is 2. The fourth-order valence-corrected chi connectivity index (χ4v) is 2.66. The predicted molar refractivity (Wildman–Crippen MR) is 168 cm³/mol. The largest absolute Gasteiger partial charge is 0.598 e. The molecule has 0 unspecified atom stereocenters. The number of rotatable bonds is 6. The van der Waals surface area contributed by atoms with Crippen LogP contribution in [0.15, 0.2) is 102 Å². The summed E-state index contributed by atoms with van der Waals surface area (Å²) in [6.07, 6.45) is 5.51. The molecule has 0 aliphatic rings. The highest BCUT2D eigenvalue weighted by Crippen LogP contribution is 2.20. The van der Waals surface area contributed by atoms with Crippen molar-refractivity contribution < 1.29 is 47.1 Å². The van der Waals surface area contributed by atoms with Gasteiger partial charge in [0.05, 0.1) is 26.5 Å². The Kier molecular flexibility index (Phi) is 19.4. The number of hydrazine groups is 2. The number of hydrogen-bond donors (Lipinski definition) is 2. The lowest BCUT2D eigenvalue weighted by Gasteiger charge is -1.88. The topological polar surface area (TPSA) is 310 Å². The SMILES string of the molecule is CN[N+](=O)[O-].CN[N+](=O)[O-].C[N+]([O-])=NOc1nc2ccccc2o1.C[N+]([O-])=NOc1ncco1.Clc1nc2ccccc2o1.Clc1ncco1. The number of nitro groups is 2. The van der Waals surface area contributed by atoms with Crippen molar-refractivity contribution in [3.8, 4) is 12.2 Å². The molecule has 6 aromatic rings. The summed E-state index contributed by atoms with van der Waals surface area (Å²) < 4.78 is 19.2. The summed E-state index contributed by atoms with van der Waals surface area (Å²) in [7, 11) is 4.88. The fourth-order valence-electron chi connectivity index (χ4n) is 2.38. The van der Waals surface area contributed by atoms with Crippen molar-refractivity contribution in [3.05, 3.63) is 115 Å². The molecule has 0 radical (unpaired) electrons. The molecule has 4 heterocycles. The van der Waals surface area contributed by atoms with Gasteiger partial charge in [-0.3, -0.25) is 0 Å². The Morgan fingerprint density at radius 1 is 0.680 bits per heavy atom. The Hall–Kier alpha value is -6.82. The molecule has 268 valence electrons. The number of nitrogens with zero attached hydrogens (tertiary/aromatic N) is 10. The molecule has 0 saturated heterocycles. The lowest BCUT2D eigenvalue weighted by Crippen LogP contribution is -2.13. The summed E-state index contributed by atoms with van der Waals surface area (Å²) >= 11 is 10.7. The molecule has 0 bridgehead atoms. The van der Waals surface area contributed by atoms with Crippen LogP contribution in [-0.2, 0) is 0 Å². The Morgan fingerprint density at radius 3 is 1.52 bits per heavy atom. The molecule has 50 heavy (non-hydrogen) atoms. The Morgan fingerprint density at radius 2 is 1.14 bits per heavy atom. The summed E-state index contributed by atoms with van der Waals surface area (Å²) in [5.74, 6) is 0.